The largest absolute Gasteiger partial charge is 0.412 e. The highest BCUT2D eigenvalue weighted by molar-refractivity contribution is 5.21. The topological polar surface area (TPSA) is 54.5 Å². The summed E-state index contributed by atoms with van der Waals surface area (Å²) in [6, 6.07) is 0. The average Bonchev–Trinajstić information content (AvgIpc) is 3.36. The van der Waals surface area contributed by atoms with Gasteiger partial charge < -0.3 is 19.3 Å². The van der Waals surface area contributed by atoms with Crippen molar-refractivity contribution in [1.82, 2.24) is 0 Å². The number of hydrogen-bond acceptors (Lipinski definition) is 4. The molecule has 0 aromatic heterocycles. The van der Waals surface area contributed by atoms with Crippen LogP contribution in [0.15, 0.2) is 11.6 Å². The van der Waals surface area contributed by atoms with Gasteiger partial charge in [0, 0.05) is 12.7 Å². The van der Waals surface area contributed by atoms with Crippen molar-refractivity contribution in [2.45, 2.75) is 68.8 Å². The molecular formula is C16H23F3O4. The Kier molecular flexibility index (Phi) is 4.07. The minimum absolute atomic E-state index is 0.173. The second-order valence-corrected chi connectivity index (χ2v) is 7.05. The number of aliphatic hydroxyl groups excluding tert-OH is 1. The van der Waals surface area contributed by atoms with E-state index < -0.39 is 29.6 Å². The highest BCUT2D eigenvalue weighted by Gasteiger charge is 2.71. The molecule has 0 amide bonds. The number of methoxy groups -OCH3 is 1. The Labute approximate surface area is 133 Å². The van der Waals surface area contributed by atoms with E-state index in [9.17, 15) is 18.3 Å². The normalized spacial score (nSPS) is 47.0. The fourth-order valence-electron chi connectivity index (χ4n) is 4.02. The van der Waals surface area contributed by atoms with Crippen LogP contribution in [0.25, 0.3) is 0 Å². The molecule has 0 radical (unpaired) electrons. The number of ether oxygens (including phenoxy) is 3. The monoisotopic (exact) mass is 336 g/mol. The van der Waals surface area contributed by atoms with Crippen molar-refractivity contribution < 1.29 is 32.5 Å². The molecule has 6 unspecified atom stereocenters. The maximum atomic E-state index is 12.6. The Morgan fingerprint density at radius 3 is 2.61 bits per heavy atom. The molecule has 0 aromatic rings. The van der Waals surface area contributed by atoms with Gasteiger partial charge in [0.2, 0.25) is 0 Å². The maximum Gasteiger partial charge on any atom is 0.412 e. The van der Waals surface area contributed by atoms with Crippen LogP contribution in [0.4, 0.5) is 13.2 Å². The summed E-state index contributed by atoms with van der Waals surface area (Å²) < 4.78 is 54.7. The van der Waals surface area contributed by atoms with Crippen LogP contribution in [0.2, 0.25) is 0 Å². The zero-order valence-electron chi connectivity index (χ0n) is 13.5. The molecule has 3 rings (SSSR count). The molecule has 2 saturated heterocycles. The summed E-state index contributed by atoms with van der Waals surface area (Å²) in [5, 5.41) is 10.2. The molecule has 3 aliphatic rings. The third kappa shape index (κ3) is 2.92. The van der Waals surface area contributed by atoms with Crippen LogP contribution in [0.5, 0.6) is 0 Å². The summed E-state index contributed by atoms with van der Waals surface area (Å²) in [6.45, 7) is 3.54. The van der Waals surface area contributed by atoms with Crippen LogP contribution >= 0.6 is 0 Å². The standard InChI is InChI=1S/C16H23F3O4/c1-9(16(17,18)19)4-5-11-14(2,23-11)13-12(21-3)10(20)6-7-15(13)8-22-15/h4,10-13,20H,5-8H2,1-3H3. The lowest BCUT2D eigenvalue weighted by Crippen LogP contribution is -2.54. The number of halogens is 3. The lowest BCUT2D eigenvalue weighted by atomic mass is 9.68. The molecule has 1 saturated carbocycles. The van der Waals surface area contributed by atoms with Gasteiger partial charge in [0.1, 0.15) is 5.60 Å². The number of aliphatic hydroxyl groups is 1. The Balaban J connectivity index is 1.73. The highest BCUT2D eigenvalue weighted by atomic mass is 19.4. The Morgan fingerprint density at radius 2 is 2.09 bits per heavy atom. The van der Waals surface area contributed by atoms with Crippen LogP contribution in [-0.4, -0.2) is 54.5 Å². The van der Waals surface area contributed by atoms with E-state index in [4.69, 9.17) is 14.2 Å². The zero-order valence-corrected chi connectivity index (χ0v) is 13.5. The Morgan fingerprint density at radius 1 is 1.43 bits per heavy atom. The van der Waals surface area contributed by atoms with Gasteiger partial charge >= 0.3 is 6.18 Å². The second-order valence-electron chi connectivity index (χ2n) is 7.05. The van der Waals surface area contributed by atoms with Gasteiger partial charge in [0.25, 0.3) is 0 Å². The summed E-state index contributed by atoms with van der Waals surface area (Å²) >= 11 is 0. The number of alkyl halides is 3. The first-order chi connectivity index (χ1) is 10.6. The summed E-state index contributed by atoms with van der Waals surface area (Å²) in [5.74, 6) is -0.173. The third-order valence-corrected chi connectivity index (χ3v) is 5.61. The van der Waals surface area contributed by atoms with Gasteiger partial charge in [-0.2, -0.15) is 13.2 Å². The smallest absolute Gasteiger partial charge is 0.390 e. The van der Waals surface area contributed by atoms with Crippen molar-refractivity contribution in [1.29, 1.82) is 0 Å². The molecule has 7 heteroatoms. The van der Waals surface area contributed by atoms with Gasteiger partial charge in [0.15, 0.2) is 0 Å². The molecule has 132 valence electrons. The van der Waals surface area contributed by atoms with E-state index in [1.165, 1.54) is 13.2 Å². The molecule has 2 heterocycles. The summed E-state index contributed by atoms with van der Waals surface area (Å²) in [4.78, 5) is 0. The van der Waals surface area contributed by atoms with E-state index >= 15 is 0 Å². The van der Waals surface area contributed by atoms with Gasteiger partial charge in [-0.15, -0.1) is 0 Å². The fraction of sp³-hybridized carbons (Fsp3) is 0.875. The summed E-state index contributed by atoms with van der Waals surface area (Å²) in [6.07, 6.45) is -2.94. The van der Waals surface area contributed by atoms with E-state index in [-0.39, 0.29) is 24.0 Å². The van der Waals surface area contributed by atoms with E-state index in [2.05, 4.69) is 0 Å². The lowest BCUT2D eigenvalue weighted by Gasteiger charge is -2.41. The van der Waals surface area contributed by atoms with Crippen LogP contribution in [-0.2, 0) is 14.2 Å². The van der Waals surface area contributed by atoms with E-state index in [1.807, 2.05) is 6.92 Å². The van der Waals surface area contributed by atoms with E-state index in [1.54, 1.807) is 0 Å². The zero-order chi connectivity index (χ0) is 17.0. The quantitative estimate of drug-likeness (QED) is 0.633. The van der Waals surface area contributed by atoms with Gasteiger partial charge in [-0.25, -0.2) is 0 Å². The van der Waals surface area contributed by atoms with Crippen LogP contribution in [0.3, 0.4) is 0 Å². The van der Waals surface area contributed by atoms with E-state index in [0.717, 1.165) is 13.3 Å². The molecule has 1 aliphatic carbocycles. The lowest BCUT2D eigenvalue weighted by molar-refractivity contribution is -0.116. The highest BCUT2D eigenvalue weighted by Crippen LogP contribution is 2.59. The average molecular weight is 336 g/mol. The van der Waals surface area contributed by atoms with Crippen molar-refractivity contribution in [2.24, 2.45) is 5.92 Å². The van der Waals surface area contributed by atoms with Gasteiger partial charge in [0.05, 0.1) is 36.4 Å². The van der Waals surface area contributed by atoms with Gasteiger partial charge in [-0.05, 0) is 33.1 Å². The van der Waals surface area contributed by atoms with E-state index in [0.29, 0.717) is 13.0 Å². The second kappa shape index (κ2) is 5.44. The molecule has 3 fully saturated rings. The molecule has 0 aromatic carbocycles. The molecule has 1 N–H and O–H groups in total. The SMILES string of the molecule is COC1C(O)CCC2(CO2)C1C1(C)OC1CC=C(C)C(F)(F)F. The molecular weight excluding hydrogens is 313 g/mol. The molecule has 6 atom stereocenters. The molecule has 2 aliphatic heterocycles. The van der Waals surface area contributed by atoms with Gasteiger partial charge in [-0.1, -0.05) is 6.08 Å². The summed E-state index contributed by atoms with van der Waals surface area (Å²) in [5.41, 5.74) is -1.59. The number of epoxide rings is 2. The van der Waals surface area contributed by atoms with Crippen LogP contribution < -0.4 is 0 Å². The first kappa shape index (κ1) is 17.2. The van der Waals surface area contributed by atoms with Crippen molar-refractivity contribution in [2.75, 3.05) is 13.7 Å². The molecule has 1 spiro atoms. The van der Waals surface area contributed by atoms with Crippen LogP contribution in [0, 0.1) is 5.92 Å². The first-order valence-corrected chi connectivity index (χ1v) is 7.90. The first-order valence-electron chi connectivity index (χ1n) is 7.90. The third-order valence-electron chi connectivity index (χ3n) is 5.61. The molecule has 0 bridgehead atoms. The predicted octanol–water partition coefficient (Wildman–Crippen LogP) is 2.60. The van der Waals surface area contributed by atoms with Crippen molar-refractivity contribution >= 4 is 0 Å². The fourth-order valence-corrected chi connectivity index (χ4v) is 4.02. The molecule has 4 nitrogen and oxygen atoms in total. The predicted molar refractivity (Wildman–Crippen MR) is 75.9 cm³/mol. The van der Waals surface area contributed by atoms with Crippen molar-refractivity contribution in [3.63, 3.8) is 0 Å². The summed E-state index contributed by atoms with van der Waals surface area (Å²) in [7, 11) is 1.54. The Bertz CT molecular complexity index is 500. The number of hydrogen-bond donors (Lipinski definition) is 1. The maximum absolute atomic E-state index is 12.6. The van der Waals surface area contributed by atoms with Crippen molar-refractivity contribution in [3.05, 3.63) is 11.6 Å². The minimum Gasteiger partial charge on any atom is -0.390 e. The van der Waals surface area contributed by atoms with Crippen molar-refractivity contribution in [3.8, 4) is 0 Å². The van der Waals surface area contributed by atoms with Crippen LogP contribution in [0.1, 0.15) is 33.1 Å². The number of rotatable bonds is 4. The minimum atomic E-state index is -4.30. The molecule has 23 heavy (non-hydrogen) atoms. The Hall–Kier alpha value is -0.630. The van der Waals surface area contributed by atoms with Gasteiger partial charge in [-0.3, -0.25) is 0 Å². The number of allylic oxidation sites excluding steroid dienone is 1.